The van der Waals surface area contributed by atoms with Crippen LogP contribution in [-0.2, 0) is 4.79 Å². The lowest BCUT2D eigenvalue weighted by Gasteiger charge is -2.38. The maximum atomic E-state index is 11.5. The van der Waals surface area contributed by atoms with Crippen LogP contribution in [-0.4, -0.2) is 64.3 Å². The largest absolute Gasteiger partial charge is 0.497 e. The molecular weight excluding hydrogens is 412 g/mol. The lowest BCUT2D eigenvalue weighted by Crippen LogP contribution is -2.42. The third-order valence-electron chi connectivity index (χ3n) is 6.32. The fraction of sp³-hybridized carbons (Fsp3) is 0.583. The van der Waals surface area contributed by atoms with Crippen LogP contribution in [0.4, 0.5) is 0 Å². The first kappa shape index (κ1) is 23.8. The van der Waals surface area contributed by atoms with Gasteiger partial charge in [-0.3, -0.25) is 9.78 Å². The average Bonchev–Trinajstić information content (AvgIpc) is 2.77. The van der Waals surface area contributed by atoms with Crippen molar-refractivity contribution >= 4 is 28.6 Å². The molecule has 0 bridgehead atoms. The smallest absolute Gasteiger partial charge is 0.303 e. The Labute approximate surface area is 189 Å². The van der Waals surface area contributed by atoms with E-state index in [1.165, 1.54) is 0 Å². The van der Waals surface area contributed by atoms with Gasteiger partial charge in [-0.25, -0.2) is 0 Å². The van der Waals surface area contributed by atoms with E-state index < -0.39 is 12.1 Å². The van der Waals surface area contributed by atoms with Crippen molar-refractivity contribution in [1.29, 1.82) is 0 Å². The summed E-state index contributed by atoms with van der Waals surface area (Å²) >= 11 is 1.93. The number of aliphatic hydroxyl groups is 1. The zero-order valence-electron chi connectivity index (χ0n) is 18.5. The molecule has 0 radical (unpaired) electrons. The molecule has 0 spiro atoms. The number of fused-ring (bicyclic) bond motifs is 1. The summed E-state index contributed by atoms with van der Waals surface area (Å²) in [5, 5.41) is 21.3. The molecule has 31 heavy (non-hydrogen) atoms. The molecule has 0 saturated carbocycles. The van der Waals surface area contributed by atoms with Crippen molar-refractivity contribution in [2.24, 2.45) is 11.8 Å². The van der Waals surface area contributed by atoms with E-state index in [1.807, 2.05) is 36.0 Å². The van der Waals surface area contributed by atoms with E-state index in [4.69, 9.17) is 4.74 Å². The molecule has 1 aromatic heterocycles. The second-order valence-electron chi connectivity index (χ2n) is 8.28. The van der Waals surface area contributed by atoms with Crippen LogP contribution in [0, 0.1) is 11.8 Å². The van der Waals surface area contributed by atoms with E-state index >= 15 is 0 Å². The maximum absolute atomic E-state index is 11.5. The molecule has 2 aromatic rings. The molecule has 1 fully saturated rings. The van der Waals surface area contributed by atoms with Crippen molar-refractivity contribution < 1.29 is 19.7 Å². The molecule has 1 aliphatic rings. The first-order chi connectivity index (χ1) is 15.0. The summed E-state index contributed by atoms with van der Waals surface area (Å²) in [5.74, 6) is 2.68. The number of nitrogens with zero attached hydrogens (tertiary/aromatic N) is 2. The molecular formula is C24H34N2O4S. The summed E-state index contributed by atoms with van der Waals surface area (Å²) in [7, 11) is 1.63. The van der Waals surface area contributed by atoms with E-state index in [9.17, 15) is 15.0 Å². The molecule has 2 heterocycles. The van der Waals surface area contributed by atoms with Crippen LogP contribution in [0.25, 0.3) is 10.9 Å². The van der Waals surface area contributed by atoms with Crippen molar-refractivity contribution in [2.45, 2.75) is 38.7 Å². The number of aromatic nitrogens is 1. The van der Waals surface area contributed by atoms with Gasteiger partial charge in [0.25, 0.3) is 0 Å². The Morgan fingerprint density at radius 3 is 2.94 bits per heavy atom. The van der Waals surface area contributed by atoms with Crippen LogP contribution >= 0.6 is 11.8 Å². The summed E-state index contributed by atoms with van der Waals surface area (Å²) < 4.78 is 5.34. The quantitative estimate of drug-likeness (QED) is 0.500. The third kappa shape index (κ3) is 6.57. The van der Waals surface area contributed by atoms with Gasteiger partial charge in [0, 0.05) is 36.8 Å². The van der Waals surface area contributed by atoms with Crippen LogP contribution in [0.5, 0.6) is 5.75 Å². The van der Waals surface area contributed by atoms with Crippen molar-refractivity contribution in [3.05, 3.63) is 36.0 Å². The SMILES string of the molecule is CCSCCN1CC[C@@H](CCC(O)c2ccnc3ccc(OC)cc23)[C@@H](CC(=O)O)C1. The highest BCUT2D eigenvalue weighted by Crippen LogP contribution is 2.34. The lowest BCUT2D eigenvalue weighted by atomic mass is 9.79. The number of aliphatic hydroxyl groups excluding tert-OH is 1. The predicted octanol–water partition coefficient (Wildman–Crippen LogP) is 4.22. The Hall–Kier alpha value is -1.83. The number of likely N-dealkylation sites (tertiary alicyclic amines) is 1. The van der Waals surface area contributed by atoms with Gasteiger partial charge >= 0.3 is 5.97 Å². The Bertz CT molecular complexity index is 863. The monoisotopic (exact) mass is 446 g/mol. The zero-order chi connectivity index (χ0) is 22.2. The third-order valence-corrected chi connectivity index (χ3v) is 7.20. The molecule has 3 rings (SSSR count). The van der Waals surface area contributed by atoms with E-state index in [2.05, 4.69) is 16.8 Å². The number of hydrogen-bond donors (Lipinski definition) is 2. The minimum Gasteiger partial charge on any atom is -0.497 e. The molecule has 170 valence electrons. The van der Waals surface area contributed by atoms with Gasteiger partial charge in [0.1, 0.15) is 5.75 Å². The van der Waals surface area contributed by atoms with Crippen LogP contribution in [0.3, 0.4) is 0 Å². The van der Waals surface area contributed by atoms with Crippen LogP contribution in [0.2, 0.25) is 0 Å². The van der Waals surface area contributed by atoms with Gasteiger partial charge < -0.3 is 19.8 Å². The number of methoxy groups -OCH3 is 1. The van der Waals surface area contributed by atoms with Crippen molar-refractivity contribution in [3.63, 3.8) is 0 Å². The molecule has 2 N–H and O–H groups in total. The van der Waals surface area contributed by atoms with E-state index in [1.54, 1.807) is 13.3 Å². The standard InChI is InChI=1S/C24H34N2O4S/c1-3-31-13-12-26-11-9-17(18(16-26)14-24(28)29)4-7-23(27)20-8-10-25-22-6-5-19(30-2)15-21(20)22/h5-6,8,10,15,17-18,23,27H,3-4,7,9,11-14,16H2,1-2H3,(H,28,29)/t17-,18+,23?/m1/s1. The molecule has 0 amide bonds. The molecule has 6 nitrogen and oxygen atoms in total. The number of rotatable bonds is 11. The maximum Gasteiger partial charge on any atom is 0.303 e. The summed E-state index contributed by atoms with van der Waals surface area (Å²) in [6, 6.07) is 7.56. The fourth-order valence-corrected chi connectivity index (χ4v) is 5.30. The number of pyridine rings is 1. The molecule has 0 aliphatic carbocycles. The van der Waals surface area contributed by atoms with Crippen molar-refractivity contribution in [2.75, 3.05) is 38.2 Å². The highest BCUT2D eigenvalue weighted by molar-refractivity contribution is 7.99. The summed E-state index contributed by atoms with van der Waals surface area (Å²) in [6.07, 6.45) is 3.75. The van der Waals surface area contributed by atoms with Gasteiger partial charge in [-0.1, -0.05) is 6.92 Å². The van der Waals surface area contributed by atoms with Gasteiger partial charge in [-0.05, 0) is 73.2 Å². The number of carboxylic acids is 1. The van der Waals surface area contributed by atoms with Gasteiger partial charge in [0.2, 0.25) is 0 Å². The first-order valence-electron chi connectivity index (χ1n) is 11.1. The van der Waals surface area contributed by atoms with Crippen molar-refractivity contribution in [1.82, 2.24) is 9.88 Å². The number of benzene rings is 1. The van der Waals surface area contributed by atoms with Gasteiger partial charge in [0.15, 0.2) is 0 Å². The Balaban J connectivity index is 1.65. The predicted molar refractivity (Wildman–Crippen MR) is 126 cm³/mol. The molecule has 3 atom stereocenters. The highest BCUT2D eigenvalue weighted by Gasteiger charge is 2.31. The topological polar surface area (TPSA) is 82.9 Å². The minimum atomic E-state index is -0.729. The number of ether oxygens (including phenoxy) is 1. The van der Waals surface area contributed by atoms with Crippen LogP contribution in [0.1, 0.15) is 44.3 Å². The lowest BCUT2D eigenvalue weighted by molar-refractivity contribution is -0.139. The van der Waals surface area contributed by atoms with Gasteiger partial charge in [-0.15, -0.1) is 0 Å². The Morgan fingerprint density at radius 1 is 1.35 bits per heavy atom. The van der Waals surface area contributed by atoms with Gasteiger partial charge in [0.05, 0.1) is 18.7 Å². The normalized spacial score (nSPS) is 20.6. The second kappa shape index (κ2) is 11.7. The molecule has 1 unspecified atom stereocenters. The second-order valence-corrected chi connectivity index (χ2v) is 9.67. The Morgan fingerprint density at radius 2 is 2.19 bits per heavy atom. The fourth-order valence-electron chi connectivity index (χ4n) is 4.62. The van der Waals surface area contributed by atoms with Crippen LogP contribution in [0.15, 0.2) is 30.5 Å². The van der Waals surface area contributed by atoms with Crippen molar-refractivity contribution in [3.8, 4) is 5.75 Å². The zero-order valence-corrected chi connectivity index (χ0v) is 19.3. The summed E-state index contributed by atoms with van der Waals surface area (Å²) in [6.45, 7) is 5.04. The minimum absolute atomic E-state index is 0.138. The number of hydrogen-bond acceptors (Lipinski definition) is 6. The molecule has 1 aliphatic heterocycles. The highest BCUT2D eigenvalue weighted by atomic mass is 32.2. The summed E-state index contributed by atoms with van der Waals surface area (Å²) in [4.78, 5) is 18.3. The molecule has 1 aromatic carbocycles. The summed E-state index contributed by atoms with van der Waals surface area (Å²) in [5.41, 5.74) is 1.69. The number of aliphatic carboxylic acids is 1. The average molecular weight is 447 g/mol. The number of piperidine rings is 1. The van der Waals surface area contributed by atoms with Crippen LogP contribution < -0.4 is 4.74 Å². The number of carbonyl (C=O) groups is 1. The first-order valence-corrected chi connectivity index (χ1v) is 12.3. The molecule has 1 saturated heterocycles. The molecule has 7 heteroatoms. The van der Waals surface area contributed by atoms with E-state index in [-0.39, 0.29) is 12.3 Å². The number of carboxylic acid groups (broad SMARTS) is 1. The van der Waals surface area contributed by atoms with E-state index in [0.717, 1.165) is 66.2 Å². The Kier molecular flexibility index (Phi) is 8.99. The van der Waals surface area contributed by atoms with E-state index in [0.29, 0.717) is 12.3 Å². The number of thioether (sulfide) groups is 1. The van der Waals surface area contributed by atoms with Gasteiger partial charge in [-0.2, -0.15) is 11.8 Å².